The third kappa shape index (κ3) is 5.59. The van der Waals surface area contributed by atoms with Crippen molar-refractivity contribution in [3.8, 4) is 0 Å². The number of hydrogen-bond acceptors (Lipinski definition) is 3. The molecule has 1 N–H and O–H groups in total. The lowest BCUT2D eigenvalue weighted by atomic mass is 10.3. The maximum atomic E-state index is 4.66. The molecule has 1 aromatic rings. The van der Waals surface area contributed by atoms with E-state index in [-0.39, 0.29) is 0 Å². The molecule has 0 unspecified atom stereocenters. The molecule has 4 nitrogen and oxygen atoms in total. The molecule has 108 valence electrons. The summed E-state index contributed by atoms with van der Waals surface area (Å²) < 4.78 is 0. The predicted octanol–water partition coefficient (Wildman–Crippen LogP) is 2.90. The fourth-order valence-electron chi connectivity index (χ4n) is 1.70. The van der Waals surface area contributed by atoms with Crippen molar-refractivity contribution in [2.24, 2.45) is 4.99 Å². The van der Waals surface area contributed by atoms with Crippen LogP contribution in [0.4, 0.5) is 0 Å². The van der Waals surface area contributed by atoms with Gasteiger partial charge in [0.2, 0.25) is 0 Å². The molecule has 1 rings (SSSR count). The third-order valence-electron chi connectivity index (χ3n) is 2.86. The Hall–Kier alpha value is -1.10. The molecule has 0 radical (unpaired) electrons. The van der Waals surface area contributed by atoms with Gasteiger partial charge in [-0.15, -0.1) is 11.3 Å². The smallest absolute Gasteiger partial charge is 0.194 e. The molecule has 0 aromatic carbocycles. The van der Waals surface area contributed by atoms with E-state index in [0.29, 0.717) is 6.54 Å². The number of nitrogens with zero attached hydrogens (tertiary/aromatic N) is 3. The molecule has 0 aliphatic carbocycles. The number of aryl methyl sites for hydroxylation is 1. The van der Waals surface area contributed by atoms with Crippen LogP contribution in [0.5, 0.6) is 0 Å². The van der Waals surface area contributed by atoms with Crippen LogP contribution in [0.25, 0.3) is 0 Å². The fourth-order valence-corrected chi connectivity index (χ4v) is 2.48. The number of nitrogens with one attached hydrogen (secondary N) is 1. The average Bonchev–Trinajstić information content (AvgIpc) is 2.88. The second kappa shape index (κ2) is 8.91. The quantitative estimate of drug-likeness (QED) is 0.617. The van der Waals surface area contributed by atoms with Gasteiger partial charge in [0.15, 0.2) is 5.96 Å². The summed E-state index contributed by atoms with van der Waals surface area (Å²) in [5.74, 6) is 0.976. The number of rotatable bonds is 7. The summed E-state index contributed by atoms with van der Waals surface area (Å²) in [6.45, 7) is 9.07. The second-order valence-electron chi connectivity index (χ2n) is 4.52. The number of thiazole rings is 1. The number of unbranched alkanes of at least 4 members (excludes halogenated alkanes) is 1. The van der Waals surface area contributed by atoms with Gasteiger partial charge in [0.25, 0.3) is 0 Å². The Bertz CT molecular complexity index is 387. The van der Waals surface area contributed by atoms with Gasteiger partial charge < -0.3 is 10.2 Å². The molecular formula is C14H26N4S. The Morgan fingerprint density at radius 2 is 2.21 bits per heavy atom. The average molecular weight is 282 g/mol. The molecule has 0 saturated heterocycles. The molecule has 0 aliphatic heterocycles. The summed E-state index contributed by atoms with van der Waals surface area (Å²) in [5.41, 5.74) is 0. The fraction of sp³-hybridized carbons (Fsp3) is 0.714. The highest BCUT2D eigenvalue weighted by molar-refractivity contribution is 7.11. The number of hydrogen-bond donors (Lipinski definition) is 1. The molecular weight excluding hydrogens is 256 g/mol. The molecule has 0 atom stereocenters. The van der Waals surface area contributed by atoms with Gasteiger partial charge >= 0.3 is 0 Å². The molecule has 1 aromatic heterocycles. The summed E-state index contributed by atoms with van der Waals surface area (Å²) in [4.78, 5) is 12.6. The Labute approximate surface area is 121 Å². The van der Waals surface area contributed by atoms with E-state index >= 15 is 0 Å². The lowest BCUT2D eigenvalue weighted by Crippen LogP contribution is -2.39. The van der Waals surface area contributed by atoms with Gasteiger partial charge in [-0.3, -0.25) is 0 Å². The van der Waals surface area contributed by atoms with Gasteiger partial charge in [-0.2, -0.15) is 0 Å². The highest BCUT2D eigenvalue weighted by Gasteiger charge is 2.05. The number of guanidine groups is 1. The molecule has 0 fully saturated rings. The molecule has 5 heteroatoms. The molecule has 0 amide bonds. The van der Waals surface area contributed by atoms with Gasteiger partial charge in [0.1, 0.15) is 5.01 Å². The van der Waals surface area contributed by atoms with Crippen molar-refractivity contribution < 1.29 is 0 Å². The van der Waals surface area contributed by atoms with Crippen LogP contribution in [0, 0.1) is 0 Å². The monoisotopic (exact) mass is 282 g/mol. The summed E-state index contributed by atoms with van der Waals surface area (Å²) >= 11 is 1.76. The number of aliphatic imine (C=N–C) groups is 1. The minimum atomic E-state index is 0.670. The van der Waals surface area contributed by atoms with E-state index in [9.17, 15) is 0 Å². The largest absolute Gasteiger partial charge is 0.357 e. The van der Waals surface area contributed by atoms with E-state index in [2.05, 4.69) is 48.0 Å². The molecule has 0 aliphatic rings. The first-order chi connectivity index (χ1) is 9.21. The lowest BCUT2D eigenvalue weighted by Gasteiger charge is -2.21. The van der Waals surface area contributed by atoms with Crippen molar-refractivity contribution in [1.29, 1.82) is 0 Å². The zero-order chi connectivity index (χ0) is 14.1. The van der Waals surface area contributed by atoms with Crippen molar-refractivity contribution in [3.05, 3.63) is 16.1 Å². The van der Waals surface area contributed by atoms with Crippen LogP contribution in [-0.4, -0.2) is 36.0 Å². The van der Waals surface area contributed by atoms with Gasteiger partial charge in [0, 0.05) is 31.2 Å². The zero-order valence-corrected chi connectivity index (χ0v) is 13.4. The van der Waals surface area contributed by atoms with Crippen molar-refractivity contribution >= 4 is 17.3 Å². The molecule has 19 heavy (non-hydrogen) atoms. The number of aromatic nitrogens is 1. The highest BCUT2D eigenvalue weighted by Crippen LogP contribution is 2.14. The van der Waals surface area contributed by atoms with Crippen LogP contribution < -0.4 is 5.32 Å². The Morgan fingerprint density at radius 1 is 1.42 bits per heavy atom. The minimum absolute atomic E-state index is 0.670. The van der Waals surface area contributed by atoms with Gasteiger partial charge in [-0.25, -0.2) is 9.98 Å². The van der Waals surface area contributed by atoms with Crippen LogP contribution in [0.2, 0.25) is 0 Å². The van der Waals surface area contributed by atoms with Gasteiger partial charge in [-0.05, 0) is 19.8 Å². The SMILES string of the molecule is CCCCN(C)C(=NCc1ncc(CC)s1)NCC. The van der Waals surface area contributed by atoms with Crippen LogP contribution in [0.15, 0.2) is 11.2 Å². The highest BCUT2D eigenvalue weighted by atomic mass is 32.1. The third-order valence-corrected chi connectivity index (χ3v) is 3.98. The van der Waals surface area contributed by atoms with Crippen molar-refractivity contribution in [2.75, 3.05) is 20.1 Å². The van der Waals surface area contributed by atoms with Gasteiger partial charge in [-0.1, -0.05) is 20.3 Å². The van der Waals surface area contributed by atoms with Crippen molar-refractivity contribution in [1.82, 2.24) is 15.2 Å². The maximum Gasteiger partial charge on any atom is 0.194 e. The zero-order valence-electron chi connectivity index (χ0n) is 12.6. The first kappa shape index (κ1) is 16.0. The van der Waals surface area contributed by atoms with Crippen molar-refractivity contribution in [2.45, 2.75) is 46.6 Å². The summed E-state index contributed by atoms with van der Waals surface area (Å²) in [6, 6.07) is 0. The van der Waals surface area contributed by atoms with E-state index in [1.807, 2.05) is 6.20 Å². The molecule has 0 spiro atoms. The van der Waals surface area contributed by atoms with E-state index in [0.717, 1.165) is 30.5 Å². The van der Waals surface area contributed by atoms with Crippen LogP contribution in [0.3, 0.4) is 0 Å². The first-order valence-corrected chi connectivity index (χ1v) is 7.95. The molecule has 1 heterocycles. The second-order valence-corrected chi connectivity index (χ2v) is 5.72. The van der Waals surface area contributed by atoms with E-state index in [1.54, 1.807) is 11.3 Å². The minimum Gasteiger partial charge on any atom is -0.357 e. The maximum absolute atomic E-state index is 4.66. The topological polar surface area (TPSA) is 40.5 Å². The van der Waals surface area contributed by atoms with E-state index in [1.165, 1.54) is 17.7 Å². The summed E-state index contributed by atoms with van der Waals surface area (Å²) in [6.07, 6.45) is 5.41. The summed E-state index contributed by atoms with van der Waals surface area (Å²) in [7, 11) is 2.09. The first-order valence-electron chi connectivity index (χ1n) is 7.14. The Kier molecular flexibility index (Phi) is 7.48. The molecule has 0 saturated carbocycles. The van der Waals surface area contributed by atoms with E-state index in [4.69, 9.17) is 0 Å². The molecule has 0 bridgehead atoms. The standard InChI is InChI=1S/C14H26N4S/c1-5-8-9-18(4)14(15-7-3)17-11-13-16-10-12(6-2)19-13/h10H,5-9,11H2,1-4H3,(H,15,17). The summed E-state index contributed by atoms with van der Waals surface area (Å²) in [5, 5.41) is 4.43. The van der Waals surface area contributed by atoms with Crippen LogP contribution in [-0.2, 0) is 13.0 Å². The lowest BCUT2D eigenvalue weighted by molar-refractivity contribution is 0.465. The van der Waals surface area contributed by atoms with Gasteiger partial charge in [0.05, 0.1) is 6.54 Å². The Balaban J connectivity index is 2.61. The predicted molar refractivity (Wildman–Crippen MR) is 83.8 cm³/mol. The van der Waals surface area contributed by atoms with Crippen LogP contribution >= 0.6 is 11.3 Å². The Morgan fingerprint density at radius 3 is 2.79 bits per heavy atom. The van der Waals surface area contributed by atoms with Crippen LogP contribution in [0.1, 0.15) is 43.5 Å². The van der Waals surface area contributed by atoms with Crippen molar-refractivity contribution in [3.63, 3.8) is 0 Å². The van der Waals surface area contributed by atoms with E-state index < -0.39 is 0 Å². The normalized spacial score (nSPS) is 11.7.